The van der Waals surface area contributed by atoms with Gasteiger partial charge in [0.1, 0.15) is 24.4 Å². The molecule has 0 bridgehead atoms. The summed E-state index contributed by atoms with van der Waals surface area (Å²) in [7, 11) is 0. The highest BCUT2D eigenvalue weighted by molar-refractivity contribution is 5.93. The second-order valence-corrected chi connectivity index (χ2v) is 8.62. The van der Waals surface area contributed by atoms with Gasteiger partial charge in [0.15, 0.2) is 0 Å². The first-order valence-corrected chi connectivity index (χ1v) is 11.2. The molecule has 2 aromatic rings. The van der Waals surface area contributed by atoms with Gasteiger partial charge in [0.05, 0.1) is 12.4 Å². The van der Waals surface area contributed by atoms with E-state index >= 15 is 0 Å². The van der Waals surface area contributed by atoms with Crippen LogP contribution < -0.4 is 21.7 Å². The van der Waals surface area contributed by atoms with E-state index in [-0.39, 0.29) is 30.9 Å². The fraction of sp³-hybridized carbons (Fsp3) is 0.435. The van der Waals surface area contributed by atoms with E-state index in [1.54, 1.807) is 18.3 Å². The molecule has 1 aromatic heterocycles. The number of phenolic OH excluding ortho intramolecular Hbond substituents is 1. The molecule has 0 fully saturated rings. The molecule has 0 radical (unpaired) electrons. The Morgan fingerprint density at radius 2 is 1.66 bits per heavy atom. The third-order valence-electron chi connectivity index (χ3n) is 5.09. The Labute approximate surface area is 202 Å². The third kappa shape index (κ3) is 9.45. The van der Waals surface area contributed by atoms with Gasteiger partial charge in [0.2, 0.25) is 17.7 Å². The SMILES string of the molecule is CC(C)CC(NC(=O)C(Cc1ccc(O)cc1)NC(=O)C(N)Cc1cnc[nH]1)C(=O)NCC(=O)O. The number of carbonyl (C=O) groups is 4. The molecule has 2 rings (SSSR count). The molecular formula is C23H32N6O6. The van der Waals surface area contributed by atoms with Gasteiger partial charge < -0.3 is 36.9 Å². The molecule has 0 aliphatic rings. The lowest BCUT2D eigenvalue weighted by atomic mass is 10.0. The van der Waals surface area contributed by atoms with Gasteiger partial charge >= 0.3 is 5.97 Å². The van der Waals surface area contributed by atoms with E-state index in [1.807, 2.05) is 13.8 Å². The normalized spacial score (nSPS) is 13.5. The first-order valence-electron chi connectivity index (χ1n) is 11.2. The van der Waals surface area contributed by atoms with Gasteiger partial charge in [-0.25, -0.2) is 4.98 Å². The van der Waals surface area contributed by atoms with Crippen molar-refractivity contribution in [1.29, 1.82) is 0 Å². The van der Waals surface area contributed by atoms with Gasteiger partial charge in [0.25, 0.3) is 0 Å². The quantitative estimate of drug-likeness (QED) is 0.194. The number of H-pyrrole nitrogens is 1. The van der Waals surface area contributed by atoms with Gasteiger partial charge in [-0.15, -0.1) is 0 Å². The number of aromatic amines is 1. The molecule has 0 aliphatic heterocycles. The summed E-state index contributed by atoms with van der Waals surface area (Å²) in [5.74, 6) is -2.99. The van der Waals surface area contributed by atoms with Crippen LogP contribution in [-0.2, 0) is 32.0 Å². The lowest BCUT2D eigenvalue weighted by Crippen LogP contribution is -2.57. The number of aliphatic carboxylic acids is 1. The van der Waals surface area contributed by atoms with Crippen molar-refractivity contribution in [2.45, 2.75) is 51.2 Å². The number of carboxylic acids is 1. The zero-order valence-electron chi connectivity index (χ0n) is 19.7. The molecule has 12 nitrogen and oxygen atoms in total. The summed E-state index contributed by atoms with van der Waals surface area (Å²) in [5, 5.41) is 25.9. The predicted octanol–water partition coefficient (Wildman–Crippen LogP) is -0.556. The molecule has 3 atom stereocenters. The van der Waals surface area contributed by atoms with Crippen LogP contribution in [0.4, 0.5) is 0 Å². The number of carbonyl (C=O) groups excluding carboxylic acids is 3. The molecule has 0 saturated carbocycles. The van der Waals surface area contributed by atoms with E-state index < -0.39 is 48.4 Å². The predicted molar refractivity (Wildman–Crippen MR) is 126 cm³/mol. The number of nitrogens with one attached hydrogen (secondary N) is 4. The number of hydrogen-bond donors (Lipinski definition) is 7. The monoisotopic (exact) mass is 488 g/mol. The van der Waals surface area contributed by atoms with Gasteiger partial charge in [-0.05, 0) is 30.0 Å². The Morgan fingerprint density at radius 3 is 2.23 bits per heavy atom. The van der Waals surface area contributed by atoms with Crippen LogP contribution >= 0.6 is 0 Å². The Balaban J connectivity index is 2.17. The Bertz CT molecular complexity index is 992. The van der Waals surface area contributed by atoms with E-state index in [1.165, 1.54) is 18.5 Å². The Morgan fingerprint density at radius 1 is 1.00 bits per heavy atom. The highest BCUT2D eigenvalue weighted by Gasteiger charge is 2.29. The summed E-state index contributed by atoms with van der Waals surface area (Å²) in [6.07, 6.45) is 3.51. The number of nitrogens with zero attached hydrogens (tertiary/aromatic N) is 1. The third-order valence-corrected chi connectivity index (χ3v) is 5.09. The van der Waals surface area contributed by atoms with Gasteiger partial charge in [-0.2, -0.15) is 0 Å². The van der Waals surface area contributed by atoms with Crippen LogP contribution in [0.5, 0.6) is 5.75 Å². The van der Waals surface area contributed by atoms with Crippen molar-refractivity contribution < 1.29 is 29.4 Å². The molecule has 0 spiro atoms. The molecule has 3 unspecified atom stereocenters. The number of amides is 3. The summed E-state index contributed by atoms with van der Waals surface area (Å²) < 4.78 is 0. The molecule has 0 aliphatic carbocycles. The second kappa shape index (κ2) is 13.1. The second-order valence-electron chi connectivity index (χ2n) is 8.62. The zero-order chi connectivity index (χ0) is 26.0. The van der Waals surface area contributed by atoms with Crippen molar-refractivity contribution in [2.24, 2.45) is 11.7 Å². The fourth-order valence-electron chi connectivity index (χ4n) is 3.34. The molecule has 8 N–H and O–H groups in total. The molecule has 190 valence electrons. The smallest absolute Gasteiger partial charge is 0.322 e. The first-order chi connectivity index (χ1) is 16.5. The molecule has 1 aromatic carbocycles. The van der Waals surface area contributed by atoms with Crippen LogP contribution in [0, 0.1) is 5.92 Å². The number of rotatable bonds is 13. The number of hydrogen-bond acceptors (Lipinski definition) is 7. The van der Waals surface area contributed by atoms with E-state index in [2.05, 4.69) is 25.9 Å². The van der Waals surface area contributed by atoms with Crippen molar-refractivity contribution in [3.05, 3.63) is 48.0 Å². The van der Waals surface area contributed by atoms with Gasteiger partial charge in [-0.3, -0.25) is 19.2 Å². The van der Waals surface area contributed by atoms with Crippen molar-refractivity contribution in [2.75, 3.05) is 6.54 Å². The molecular weight excluding hydrogens is 456 g/mol. The summed E-state index contributed by atoms with van der Waals surface area (Å²) >= 11 is 0. The highest BCUT2D eigenvalue weighted by atomic mass is 16.4. The molecule has 35 heavy (non-hydrogen) atoms. The molecule has 12 heteroatoms. The zero-order valence-corrected chi connectivity index (χ0v) is 19.7. The summed E-state index contributed by atoms with van der Waals surface area (Å²) in [6.45, 7) is 3.13. The van der Waals surface area contributed by atoms with Crippen LogP contribution in [0.25, 0.3) is 0 Å². The number of phenols is 1. The largest absolute Gasteiger partial charge is 0.508 e. The average Bonchev–Trinajstić information content (AvgIpc) is 3.30. The highest BCUT2D eigenvalue weighted by Crippen LogP contribution is 2.12. The summed E-state index contributed by atoms with van der Waals surface area (Å²) in [4.78, 5) is 56.0. The molecule has 1 heterocycles. The van der Waals surface area contributed by atoms with E-state index in [9.17, 15) is 24.3 Å². The van der Waals surface area contributed by atoms with Gasteiger partial charge in [0, 0.05) is 24.7 Å². The number of carboxylic acid groups (broad SMARTS) is 1. The number of nitrogens with two attached hydrogens (primary N) is 1. The number of imidazole rings is 1. The van der Waals surface area contributed by atoms with E-state index in [4.69, 9.17) is 10.8 Å². The fourth-order valence-corrected chi connectivity index (χ4v) is 3.34. The number of aromatic hydroxyl groups is 1. The van der Waals surface area contributed by atoms with Crippen molar-refractivity contribution in [3.8, 4) is 5.75 Å². The van der Waals surface area contributed by atoms with Crippen molar-refractivity contribution >= 4 is 23.7 Å². The standard InChI is InChI=1S/C23H32N6O6/c1-13(2)7-18(22(34)26-11-20(31)32)29-23(35)19(8-14-3-5-16(30)6-4-14)28-21(33)17(24)9-15-10-25-12-27-15/h3-6,10,12-13,17-19,30H,7-9,11,24H2,1-2H3,(H,25,27)(H,26,34)(H,28,33)(H,29,35)(H,31,32). The maximum atomic E-state index is 13.2. The minimum Gasteiger partial charge on any atom is -0.508 e. The molecule has 0 saturated heterocycles. The van der Waals surface area contributed by atoms with Gasteiger partial charge in [-0.1, -0.05) is 26.0 Å². The summed E-state index contributed by atoms with van der Waals surface area (Å²) in [6, 6.07) is 3.08. The number of benzene rings is 1. The lowest BCUT2D eigenvalue weighted by molar-refractivity contribution is -0.138. The average molecular weight is 489 g/mol. The minimum absolute atomic E-state index is 0.0174. The van der Waals surface area contributed by atoms with Crippen LogP contribution in [0.15, 0.2) is 36.8 Å². The molecule has 3 amide bonds. The van der Waals surface area contributed by atoms with Crippen LogP contribution in [0.2, 0.25) is 0 Å². The maximum Gasteiger partial charge on any atom is 0.322 e. The summed E-state index contributed by atoms with van der Waals surface area (Å²) in [5.41, 5.74) is 7.32. The maximum absolute atomic E-state index is 13.2. The van der Waals surface area contributed by atoms with Crippen LogP contribution in [0.1, 0.15) is 31.5 Å². The van der Waals surface area contributed by atoms with Crippen LogP contribution in [-0.4, -0.2) is 68.5 Å². The Kier molecular flexibility index (Phi) is 10.2. The lowest BCUT2D eigenvalue weighted by Gasteiger charge is -2.25. The first kappa shape index (κ1) is 27.3. The van der Waals surface area contributed by atoms with Crippen molar-refractivity contribution in [3.63, 3.8) is 0 Å². The minimum atomic E-state index is -1.21. The topological polar surface area (TPSA) is 200 Å². The van der Waals surface area contributed by atoms with E-state index in [0.29, 0.717) is 11.3 Å². The number of aromatic nitrogens is 2. The van der Waals surface area contributed by atoms with Crippen LogP contribution in [0.3, 0.4) is 0 Å². The Hall–Kier alpha value is -3.93. The van der Waals surface area contributed by atoms with E-state index in [0.717, 1.165) is 0 Å². The van der Waals surface area contributed by atoms with Crippen molar-refractivity contribution in [1.82, 2.24) is 25.9 Å².